The van der Waals surface area contributed by atoms with E-state index in [-0.39, 0.29) is 18.9 Å². The zero-order valence-corrected chi connectivity index (χ0v) is 12.5. The number of nitrogens with zero attached hydrogens (tertiary/aromatic N) is 2. The van der Waals surface area contributed by atoms with Crippen LogP contribution in [0.4, 0.5) is 0 Å². The van der Waals surface area contributed by atoms with Gasteiger partial charge in [-0.1, -0.05) is 23.4 Å². The van der Waals surface area contributed by atoms with E-state index in [0.717, 1.165) is 12.3 Å². The van der Waals surface area contributed by atoms with Gasteiger partial charge in [0.15, 0.2) is 10.8 Å². The number of benzene rings is 1. The maximum absolute atomic E-state index is 11.8. The minimum atomic E-state index is -0.493. The van der Waals surface area contributed by atoms with E-state index >= 15 is 0 Å². The van der Waals surface area contributed by atoms with Crippen LogP contribution in [0.2, 0.25) is 5.02 Å². The van der Waals surface area contributed by atoms with Crippen LogP contribution in [0.1, 0.15) is 6.42 Å². The largest absolute Gasteiger partial charge is 0.419 e. The van der Waals surface area contributed by atoms with Crippen molar-refractivity contribution < 1.29 is 9.21 Å². The molecule has 1 aliphatic heterocycles. The highest BCUT2D eigenvalue weighted by Gasteiger charge is 2.13. The van der Waals surface area contributed by atoms with Crippen LogP contribution < -0.4 is 11.1 Å². The molecule has 0 atom stereocenters. The lowest BCUT2D eigenvalue weighted by Crippen LogP contribution is -2.29. The Balaban J connectivity index is 1.71. The van der Waals surface area contributed by atoms with Gasteiger partial charge in [0.25, 0.3) is 0 Å². The lowest BCUT2D eigenvalue weighted by Gasteiger charge is -2.04. The average Bonchev–Trinajstić information content (AvgIpc) is 3.03. The van der Waals surface area contributed by atoms with Crippen molar-refractivity contribution in [1.29, 1.82) is 0 Å². The molecule has 0 saturated heterocycles. The van der Waals surface area contributed by atoms with E-state index in [1.165, 1.54) is 16.3 Å². The summed E-state index contributed by atoms with van der Waals surface area (Å²) in [6.45, 7) is 0.976. The summed E-state index contributed by atoms with van der Waals surface area (Å²) in [6, 6.07) is 4.97. The van der Waals surface area contributed by atoms with E-state index in [1.54, 1.807) is 18.2 Å². The van der Waals surface area contributed by atoms with E-state index in [9.17, 15) is 9.59 Å². The van der Waals surface area contributed by atoms with Crippen molar-refractivity contribution in [3.8, 4) is 0 Å². The number of hydrogen-bond acceptors (Lipinski definition) is 5. The number of fused-ring (bicyclic) bond motifs is 1. The minimum absolute atomic E-state index is 0.168. The molecule has 21 heavy (non-hydrogen) atoms. The Morgan fingerprint density at radius 1 is 1.52 bits per heavy atom. The summed E-state index contributed by atoms with van der Waals surface area (Å²) >= 11 is 7.37. The molecule has 2 heterocycles. The second-order valence-corrected chi connectivity index (χ2v) is 5.99. The van der Waals surface area contributed by atoms with Crippen molar-refractivity contribution in [1.82, 2.24) is 9.88 Å². The maximum atomic E-state index is 11.8. The molecule has 3 rings (SSSR count). The predicted molar refractivity (Wildman–Crippen MR) is 83.0 cm³/mol. The molecule has 0 fully saturated rings. The highest BCUT2D eigenvalue weighted by atomic mass is 35.5. The molecule has 0 aliphatic carbocycles. The molecule has 1 amide bonds. The topological polar surface area (TPSA) is 76.6 Å². The lowest BCUT2D eigenvalue weighted by atomic mass is 10.3. The van der Waals surface area contributed by atoms with Crippen LogP contribution in [0.15, 0.2) is 32.4 Å². The Kier molecular flexibility index (Phi) is 4.03. The van der Waals surface area contributed by atoms with Gasteiger partial charge in [0, 0.05) is 29.8 Å². The number of amides is 1. The molecule has 0 bridgehead atoms. The summed E-state index contributed by atoms with van der Waals surface area (Å²) in [5.74, 6) is 0.230. The van der Waals surface area contributed by atoms with Gasteiger partial charge < -0.3 is 9.73 Å². The Morgan fingerprint density at radius 3 is 3.14 bits per heavy atom. The predicted octanol–water partition coefficient (Wildman–Crippen LogP) is 1.86. The summed E-state index contributed by atoms with van der Waals surface area (Å²) in [6.07, 6.45) is 0.177. The first-order valence-corrected chi connectivity index (χ1v) is 7.76. The summed E-state index contributed by atoms with van der Waals surface area (Å²) in [7, 11) is 0. The Bertz CT molecular complexity index is 781. The van der Waals surface area contributed by atoms with Crippen LogP contribution in [-0.2, 0) is 11.3 Å². The number of thioether (sulfide) groups is 1. The molecule has 1 aliphatic rings. The number of oxazole rings is 1. The standard InChI is InChI=1S/C13H12ClN3O3S/c14-8-1-2-9-10(7-8)20-13(19)17(9)5-3-11(18)16-12-15-4-6-21-12/h1-2,7H,3-6H2,(H,15,16,18). The second kappa shape index (κ2) is 5.95. The normalized spacial score (nSPS) is 14.4. The fraction of sp³-hybridized carbons (Fsp3) is 0.308. The van der Waals surface area contributed by atoms with Gasteiger partial charge >= 0.3 is 5.76 Å². The molecule has 0 saturated carbocycles. The first-order chi connectivity index (χ1) is 10.1. The molecule has 1 aromatic carbocycles. The van der Waals surface area contributed by atoms with E-state index in [2.05, 4.69) is 10.3 Å². The van der Waals surface area contributed by atoms with Crippen LogP contribution in [-0.4, -0.2) is 27.9 Å². The van der Waals surface area contributed by atoms with Crippen LogP contribution in [0.5, 0.6) is 0 Å². The molecule has 0 spiro atoms. The molecule has 0 unspecified atom stereocenters. The van der Waals surface area contributed by atoms with Gasteiger partial charge in [-0.25, -0.2) is 4.79 Å². The van der Waals surface area contributed by atoms with Crippen LogP contribution in [0, 0.1) is 0 Å². The van der Waals surface area contributed by atoms with Crippen molar-refractivity contribution in [2.45, 2.75) is 13.0 Å². The third-order valence-corrected chi connectivity index (χ3v) is 4.15. The van der Waals surface area contributed by atoms with Crippen molar-refractivity contribution in [3.63, 3.8) is 0 Å². The van der Waals surface area contributed by atoms with Crippen molar-refractivity contribution in [2.24, 2.45) is 4.99 Å². The van der Waals surface area contributed by atoms with E-state index in [4.69, 9.17) is 16.0 Å². The summed E-state index contributed by atoms with van der Waals surface area (Å²) < 4.78 is 6.53. The summed E-state index contributed by atoms with van der Waals surface area (Å²) in [4.78, 5) is 27.8. The third kappa shape index (κ3) is 3.14. The molecule has 2 aromatic rings. The number of carbonyl (C=O) groups excluding carboxylic acids is 1. The van der Waals surface area contributed by atoms with Gasteiger partial charge in [-0.2, -0.15) is 0 Å². The zero-order valence-electron chi connectivity index (χ0n) is 11.0. The molecule has 6 nitrogen and oxygen atoms in total. The maximum Gasteiger partial charge on any atom is 0.419 e. The molecular weight excluding hydrogens is 314 g/mol. The number of aryl methyl sites for hydroxylation is 1. The van der Waals surface area contributed by atoms with E-state index < -0.39 is 5.76 Å². The number of hydrogen-bond donors (Lipinski definition) is 1. The Labute approximate surface area is 129 Å². The van der Waals surface area contributed by atoms with Crippen LogP contribution >= 0.6 is 23.4 Å². The van der Waals surface area contributed by atoms with E-state index in [1.807, 2.05) is 0 Å². The molecule has 1 aromatic heterocycles. The Morgan fingerprint density at radius 2 is 2.38 bits per heavy atom. The van der Waals surface area contributed by atoms with Gasteiger partial charge in [-0.05, 0) is 12.1 Å². The van der Waals surface area contributed by atoms with Gasteiger partial charge in [0.05, 0.1) is 12.1 Å². The number of halogens is 1. The highest BCUT2D eigenvalue weighted by molar-refractivity contribution is 8.14. The number of amidine groups is 1. The number of nitrogens with one attached hydrogen (secondary N) is 1. The van der Waals surface area contributed by atoms with Gasteiger partial charge in [-0.3, -0.25) is 14.4 Å². The lowest BCUT2D eigenvalue weighted by molar-refractivity contribution is -0.119. The minimum Gasteiger partial charge on any atom is -0.408 e. The molecule has 1 N–H and O–H groups in total. The first-order valence-electron chi connectivity index (χ1n) is 6.39. The van der Waals surface area contributed by atoms with E-state index in [0.29, 0.717) is 21.3 Å². The monoisotopic (exact) mass is 325 g/mol. The molecule has 8 heteroatoms. The molecular formula is C13H12ClN3O3S. The molecule has 0 radical (unpaired) electrons. The van der Waals surface area contributed by atoms with Crippen molar-refractivity contribution in [3.05, 3.63) is 33.8 Å². The third-order valence-electron chi connectivity index (χ3n) is 3.02. The first kappa shape index (κ1) is 14.2. The fourth-order valence-corrected chi connectivity index (χ4v) is 2.96. The zero-order chi connectivity index (χ0) is 14.8. The van der Waals surface area contributed by atoms with Gasteiger partial charge in [-0.15, -0.1) is 0 Å². The molecule has 110 valence electrons. The quantitative estimate of drug-likeness (QED) is 0.934. The van der Waals surface area contributed by atoms with Gasteiger partial charge in [0.2, 0.25) is 5.91 Å². The van der Waals surface area contributed by atoms with Crippen LogP contribution in [0.3, 0.4) is 0 Å². The SMILES string of the molecule is O=C(CCn1c(=O)oc2cc(Cl)ccc21)NC1=NCCS1. The number of aromatic nitrogens is 1. The van der Waals surface area contributed by atoms with Crippen molar-refractivity contribution >= 4 is 45.5 Å². The smallest absolute Gasteiger partial charge is 0.408 e. The number of carbonyl (C=O) groups is 1. The summed E-state index contributed by atoms with van der Waals surface area (Å²) in [5, 5.41) is 3.87. The van der Waals surface area contributed by atoms with Crippen molar-refractivity contribution in [2.75, 3.05) is 12.3 Å². The number of aliphatic imine (C=N–C) groups is 1. The second-order valence-electron chi connectivity index (χ2n) is 4.47. The van der Waals surface area contributed by atoms with Crippen LogP contribution in [0.25, 0.3) is 11.1 Å². The van der Waals surface area contributed by atoms with Gasteiger partial charge in [0.1, 0.15) is 0 Å². The fourth-order valence-electron chi connectivity index (χ4n) is 2.06. The average molecular weight is 326 g/mol. The number of rotatable bonds is 3. The highest BCUT2D eigenvalue weighted by Crippen LogP contribution is 2.18. The Hall–Kier alpha value is -1.73. The summed E-state index contributed by atoms with van der Waals surface area (Å²) in [5.41, 5.74) is 1.05.